The van der Waals surface area contributed by atoms with Crippen molar-refractivity contribution >= 4 is 0 Å². The van der Waals surface area contributed by atoms with Crippen molar-refractivity contribution in [1.82, 2.24) is 0 Å². The van der Waals surface area contributed by atoms with Gasteiger partial charge in [-0.3, -0.25) is 4.99 Å². The van der Waals surface area contributed by atoms with Crippen LogP contribution in [0, 0.1) is 6.92 Å². The summed E-state index contributed by atoms with van der Waals surface area (Å²) in [6.07, 6.45) is 1.02. The van der Waals surface area contributed by atoms with E-state index < -0.39 is 0 Å². The molecule has 0 bridgehead atoms. The summed E-state index contributed by atoms with van der Waals surface area (Å²) >= 11 is 0. The van der Waals surface area contributed by atoms with Crippen molar-refractivity contribution in [3.63, 3.8) is 0 Å². The van der Waals surface area contributed by atoms with E-state index in [1.54, 1.807) is 0 Å². The molecule has 0 saturated heterocycles. The van der Waals surface area contributed by atoms with Gasteiger partial charge in [0.2, 0.25) is 0 Å². The van der Waals surface area contributed by atoms with Gasteiger partial charge in [0.15, 0.2) is 0 Å². The minimum Gasteiger partial charge on any atom is -0.324 e. The molecule has 1 aromatic rings. The summed E-state index contributed by atoms with van der Waals surface area (Å²) in [6.45, 7) is 10.6. The smallest absolute Gasteiger partial charge is 0.116 e. The van der Waals surface area contributed by atoms with E-state index in [0.29, 0.717) is 6.67 Å². The predicted octanol–water partition coefficient (Wildman–Crippen LogP) is 4.83. The van der Waals surface area contributed by atoms with E-state index in [9.17, 15) is 0 Å². The van der Waals surface area contributed by atoms with Crippen LogP contribution >= 0.6 is 0 Å². The molecule has 0 aliphatic carbocycles. The molecule has 134 valence electrons. The third-order valence-corrected chi connectivity index (χ3v) is 2.16. The van der Waals surface area contributed by atoms with Crippen molar-refractivity contribution in [2.75, 3.05) is 6.67 Å². The van der Waals surface area contributed by atoms with Gasteiger partial charge in [-0.2, -0.15) is 18.6 Å². The van der Waals surface area contributed by atoms with Gasteiger partial charge in [-0.1, -0.05) is 57.9 Å². The van der Waals surface area contributed by atoms with Crippen LogP contribution in [-0.2, 0) is 203 Å². The van der Waals surface area contributed by atoms with E-state index in [4.69, 9.17) is 0 Å². The first-order chi connectivity index (χ1) is 6.83. The second-order valence-corrected chi connectivity index (χ2v) is 2.89. The molecule has 1 aromatic carbocycles. The number of rotatable bonds is 1. The van der Waals surface area contributed by atoms with Crippen LogP contribution in [0.3, 0.4) is 0 Å². The average molecular weight is 803 g/mol. The Morgan fingerprint density at radius 3 is 1.48 bits per heavy atom. The maximum absolute atomic E-state index is 4.32. The van der Waals surface area contributed by atoms with Gasteiger partial charge in [0.05, 0.1) is 0 Å². The summed E-state index contributed by atoms with van der Waals surface area (Å²) in [7, 11) is 0. The summed E-state index contributed by atoms with van der Waals surface area (Å²) in [5.41, 5.74) is 2.27. The summed E-state index contributed by atoms with van der Waals surface area (Å²) in [5, 5.41) is 2.05. The van der Waals surface area contributed by atoms with Crippen LogP contribution < -0.4 is 10.7 Å². The van der Waals surface area contributed by atoms with Crippen molar-refractivity contribution in [3.8, 4) is 0 Å². The molecule has 0 spiro atoms. The van der Waals surface area contributed by atoms with Gasteiger partial charge in [-0.05, 0) is 17.3 Å². The second kappa shape index (κ2) is 43.2. The van der Waals surface area contributed by atoms with Crippen molar-refractivity contribution in [3.05, 3.63) is 40.9 Å². The molecular weight excluding hydrogens is 766 g/mol. The van der Waals surface area contributed by atoms with E-state index in [1.807, 2.05) is 19.9 Å². The van der Waals surface area contributed by atoms with Gasteiger partial charge in [0.25, 0.3) is 0 Å². The van der Waals surface area contributed by atoms with Gasteiger partial charge in [-0.15, -0.1) is 6.07 Å². The molecule has 1 aliphatic heterocycles. The summed E-state index contributed by atoms with van der Waals surface area (Å²) in [6, 6.07) is 4.10. The predicted molar refractivity (Wildman–Crippen MR) is 92.5 cm³/mol. The van der Waals surface area contributed by atoms with E-state index in [-0.39, 0.29) is 233 Å². The molecule has 2 rings (SSSR count). The van der Waals surface area contributed by atoms with Crippen molar-refractivity contribution in [1.29, 1.82) is 0 Å². The Morgan fingerprint density at radius 1 is 0.760 bits per heavy atom. The molecular formula is C17H37N2Y6-. The summed E-state index contributed by atoms with van der Waals surface area (Å²) in [5.74, 6) is 0. The van der Waals surface area contributed by atoms with Gasteiger partial charge in [0, 0.05) is 202 Å². The molecule has 0 atom stereocenters. The standard InChI is InChI=1S/C10H11N2.C2H6.5CH4.6Y/c1-3-8-5-4-7(2)9-10(8)12-6-11-9;1-2;;;;;;;;;;;/h4-5H,2-3,6H2,1H3;1-2H3;5*1H4;;;;;;/q-1;;;;;;;;;;;;. The van der Waals surface area contributed by atoms with Crippen molar-refractivity contribution < 1.29 is 196 Å². The number of nitrogens with zero attached hydrogens (tertiary/aromatic N) is 2. The van der Waals surface area contributed by atoms with Gasteiger partial charge in [0.1, 0.15) is 6.67 Å². The van der Waals surface area contributed by atoms with Crippen LogP contribution in [0.4, 0.5) is 0 Å². The van der Waals surface area contributed by atoms with Crippen molar-refractivity contribution in [2.45, 2.75) is 64.3 Å². The monoisotopic (exact) mass is 803 g/mol. The zero-order chi connectivity index (χ0) is 10.6. The Labute approximate surface area is 311 Å². The molecule has 1 heterocycles. The van der Waals surface area contributed by atoms with Gasteiger partial charge < -0.3 is 4.99 Å². The first-order valence-corrected chi connectivity index (χ1v) is 5.15. The molecule has 0 fully saturated rings. The SMILES string of the molecule is C.C.C.C.C.CC.[CH2-]c1ccc(CC)c2c1=NCN=2.[Y].[Y].[Y].[Y].[Y].[Y]. The molecule has 6 radical (unpaired) electrons. The van der Waals surface area contributed by atoms with E-state index in [0.717, 1.165) is 22.7 Å². The Hall–Kier alpha value is 5.31. The number of hydrogen-bond acceptors (Lipinski definition) is 2. The fraction of sp³-hybridized carbons (Fsp3) is 0.588. The average Bonchev–Trinajstić information content (AvgIpc) is 2.71. The van der Waals surface area contributed by atoms with Gasteiger partial charge >= 0.3 is 0 Å². The molecule has 0 saturated carbocycles. The first-order valence-electron chi connectivity index (χ1n) is 5.15. The van der Waals surface area contributed by atoms with Crippen LogP contribution in [0.5, 0.6) is 0 Å². The zero-order valence-electron chi connectivity index (χ0n) is 12.6. The molecule has 0 N–H and O–H groups in total. The second-order valence-electron chi connectivity index (χ2n) is 2.89. The van der Waals surface area contributed by atoms with E-state index in [2.05, 4.69) is 29.9 Å². The summed E-state index contributed by atoms with van der Waals surface area (Å²) < 4.78 is 0. The third kappa shape index (κ3) is 23.8. The number of hydrogen-bond donors (Lipinski definition) is 0. The maximum atomic E-state index is 4.32. The van der Waals surface area contributed by atoms with Crippen LogP contribution in [0.1, 0.15) is 69.0 Å². The third-order valence-electron chi connectivity index (χ3n) is 2.16. The number of benzene rings is 1. The van der Waals surface area contributed by atoms with Crippen molar-refractivity contribution in [2.24, 2.45) is 9.98 Å². The quantitative estimate of drug-likeness (QED) is 0.364. The molecule has 0 aromatic heterocycles. The zero-order valence-corrected chi connectivity index (χ0v) is 29.7. The normalized spacial score (nSPS) is 6.68. The van der Waals surface area contributed by atoms with Crippen LogP contribution in [0.2, 0.25) is 0 Å². The molecule has 1 aliphatic rings. The Bertz CT molecular complexity index is 439. The fourth-order valence-corrected chi connectivity index (χ4v) is 1.48. The topological polar surface area (TPSA) is 24.7 Å². The van der Waals surface area contributed by atoms with E-state index >= 15 is 0 Å². The van der Waals surface area contributed by atoms with E-state index in [1.165, 1.54) is 5.56 Å². The summed E-state index contributed by atoms with van der Waals surface area (Å²) in [4.78, 5) is 8.60. The Balaban J connectivity index is -0.0000000162. The molecule has 8 heteroatoms. The van der Waals surface area contributed by atoms with Gasteiger partial charge in [-0.25, -0.2) is 0 Å². The molecule has 0 amide bonds. The largest absolute Gasteiger partial charge is 0.324 e. The number of fused-ring (bicyclic) bond motifs is 1. The Kier molecular flexibility index (Phi) is 121. The molecule has 25 heavy (non-hydrogen) atoms. The fourth-order valence-electron chi connectivity index (χ4n) is 1.48. The minimum atomic E-state index is 0. The van der Waals surface area contributed by atoms with Crippen LogP contribution in [-0.4, -0.2) is 6.67 Å². The number of aryl methyl sites for hydroxylation is 1. The first kappa shape index (κ1) is 69.8. The molecule has 0 unspecified atom stereocenters. The maximum Gasteiger partial charge on any atom is 0.116 e. The molecule has 2 nitrogen and oxygen atoms in total. The minimum absolute atomic E-state index is 0. The Morgan fingerprint density at radius 2 is 1.12 bits per heavy atom. The van der Waals surface area contributed by atoms with Crippen LogP contribution in [0.15, 0.2) is 22.1 Å². The van der Waals surface area contributed by atoms with Crippen LogP contribution in [0.25, 0.3) is 0 Å².